The van der Waals surface area contributed by atoms with Crippen molar-refractivity contribution in [2.45, 2.75) is 142 Å². The van der Waals surface area contributed by atoms with E-state index in [2.05, 4.69) is 31.3 Å². The summed E-state index contributed by atoms with van der Waals surface area (Å²) in [5, 5.41) is 13.5. The highest BCUT2D eigenvalue weighted by atomic mass is 31.2. The molecule has 3 unspecified atom stereocenters. The van der Waals surface area contributed by atoms with Gasteiger partial charge in [-0.1, -0.05) is 103 Å². The van der Waals surface area contributed by atoms with Gasteiger partial charge in [-0.15, -0.1) is 0 Å². The van der Waals surface area contributed by atoms with Crippen LogP contribution in [0.25, 0.3) is 0 Å². The molecule has 0 aliphatic rings. The van der Waals surface area contributed by atoms with Crippen molar-refractivity contribution in [3.05, 3.63) is 12.2 Å². The standard InChI is InChI=1S/C28H57N2O6P/c1-3-5-7-9-11-12-13-14-16-18-20-22-28(32)30-26(25-36-37(33,34)35-24-23-29)27(31)21-19-17-15-10-8-6-4-2/h9,11,26-27,31H,3-8,10,12-25,29H2,1-2H3,(H,30,32)(H,33,34)/b11-9-. The van der Waals surface area contributed by atoms with Crippen LogP contribution in [-0.4, -0.2) is 47.8 Å². The summed E-state index contributed by atoms with van der Waals surface area (Å²) in [7, 11) is -4.29. The van der Waals surface area contributed by atoms with E-state index in [4.69, 9.17) is 14.8 Å². The van der Waals surface area contributed by atoms with Gasteiger partial charge < -0.3 is 21.1 Å². The summed E-state index contributed by atoms with van der Waals surface area (Å²) < 4.78 is 21.8. The van der Waals surface area contributed by atoms with Gasteiger partial charge in [0.2, 0.25) is 5.91 Å². The zero-order chi connectivity index (χ0) is 27.6. The molecule has 0 bridgehead atoms. The number of carbonyl (C=O) groups is 1. The first kappa shape index (κ1) is 36.2. The Morgan fingerprint density at radius 1 is 0.865 bits per heavy atom. The average Bonchev–Trinajstić information content (AvgIpc) is 2.87. The Labute approximate surface area is 226 Å². The normalized spacial score (nSPS) is 15.1. The predicted octanol–water partition coefficient (Wildman–Crippen LogP) is 6.54. The molecule has 220 valence electrons. The van der Waals surface area contributed by atoms with Gasteiger partial charge in [-0.2, -0.15) is 0 Å². The van der Waals surface area contributed by atoms with Crippen molar-refractivity contribution >= 4 is 13.7 Å². The van der Waals surface area contributed by atoms with Crippen LogP contribution in [0.3, 0.4) is 0 Å². The molecule has 9 heteroatoms. The zero-order valence-electron chi connectivity index (χ0n) is 23.7. The van der Waals surface area contributed by atoms with Crippen LogP contribution in [-0.2, 0) is 18.4 Å². The minimum atomic E-state index is -4.29. The first-order valence-electron chi connectivity index (χ1n) is 14.8. The highest BCUT2D eigenvalue weighted by Crippen LogP contribution is 2.43. The maximum Gasteiger partial charge on any atom is 0.472 e. The number of aliphatic hydroxyl groups excluding tert-OH is 1. The number of amides is 1. The quantitative estimate of drug-likeness (QED) is 0.0520. The fourth-order valence-corrected chi connectivity index (χ4v) is 4.81. The first-order chi connectivity index (χ1) is 17.9. The Morgan fingerprint density at radius 2 is 1.43 bits per heavy atom. The molecule has 0 aliphatic heterocycles. The summed E-state index contributed by atoms with van der Waals surface area (Å²) in [5.41, 5.74) is 5.31. The van der Waals surface area contributed by atoms with E-state index in [1.807, 2.05) is 0 Å². The van der Waals surface area contributed by atoms with Gasteiger partial charge in [0, 0.05) is 13.0 Å². The molecule has 0 fully saturated rings. The lowest BCUT2D eigenvalue weighted by atomic mass is 10.0. The van der Waals surface area contributed by atoms with E-state index in [-0.39, 0.29) is 25.7 Å². The van der Waals surface area contributed by atoms with Gasteiger partial charge in [0.25, 0.3) is 0 Å². The van der Waals surface area contributed by atoms with E-state index in [9.17, 15) is 19.4 Å². The van der Waals surface area contributed by atoms with Crippen LogP contribution in [0.2, 0.25) is 0 Å². The van der Waals surface area contributed by atoms with E-state index in [0.717, 1.165) is 51.4 Å². The van der Waals surface area contributed by atoms with Crippen molar-refractivity contribution in [1.29, 1.82) is 0 Å². The van der Waals surface area contributed by atoms with Gasteiger partial charge >= 0.3 is 7.82 Å². The number of allylic oxidation sites excluding steroid dienone is 2. The minimum Gasteiger partial charge on any atom is -0.391 e. The van der Waals surface area contributed by atoms with E-state index in [1.54, 1.807) is 0 Å². The molecule has 0 saturated heterocycles. The number of nitrogens with two attached hydrogens (primary N) is 1. The third-order valence-corrected chi connectivity index (χ3v) is 7.35. The number of phosphoric ester groups is 1. The monoisotopic (exact) mass is 548 g/mol. The van der Waals surface area contributed by atoms with Gasteiger partial charge in [0.1, 0.15) is 0 Å². The largest absolute Gasteiger partial charge is 0.472 e. The summed E-state index contributed by atoms with van der Waals surface area (Å²) >= 11 is 0. The highest BCUT2D eigenvalue weighted by Gasteiger charge is 2.27. The molecule has 5 N–H and O–H groups in total. The van der Waals surface area contributed by atoms with Crippen molar-refractivity contribution < 1.29 is 28.4 Å². The van der Waals surface area contributed by atoms with E-state index in [0.29, 0.717) is 12.8 Å². The summed E-state index contributed by atoms with van der Waals surface area (Å²) in [6, 6.07) is -0.769. The molecule has 0 radical (unpaired) electrons. The molecular formula is C28H57N2O6P. The summed E-state index contributed by atoms with van der Waals surface area (Å²) in [4.78, 5) is 22.3. The zero-order valence-corrected chi connectivity index (χ0v) is 24.6. The van der Waals surface area contributed by atoms with Crippen LogP contribution < -0.4 is 11.1 Å². The predicted molar refractivity (Wildman–Crippen MR) is 152 cm³/mol. The number of hydrogen-bond donors (Lipinski definition) is 4. The molecule has 1 amide bonds. The van der Waals surface area contributed by atoms with E-state index in [1.165, 1.54) is 51.4 Å². The van der Waals surface area contributed by atoms with Crippen LogP contribution in [0, 0.1) is 0 Å². The topological polar surface area (TPSA) is 131 Å². The molecule has 0 aromatic rings. The van der Waals surface area contributed by atoms with Gasteiger partial charge in [-0.05, 0) is 32.1 Å². The molecule has 0 spiro atoms. The maximum atomic E-state index is 12.5. The second-order valence-corrected chi connectivity index (χ2v) is 11.4. The van der Waals surface area contributed by atoms with Crippen LogP contribution in [0.5, 0.6) is 0 Å². The minimum absolute atomic E-state index is 0.0879. The van der Waals surface area contributed by atoms with E-state index < -0.39 is 20.0 Å². The first-order valence-corrected chi connectivity index (χ1v) is 16.3. The van der Waals surface area contributed by atoms with Crippen molar-refractivity contribution in [2.75, 3.05) is 19.8 Å². The smallest absolute Gasteiger partial charge is 0.391 e. The lowest BCUT2D eigenvalue weighted by Crippen LogP contribution is -2.46. The average molecular weight is 549 g/mol. The third kappa shape index (κ3) is 24.0. The molecule has 37 heavy (non-hydrogen) atoms. The summed E-state index contributed by atoms with van der Waals surface area (Å²) in [6.07, 6.45) is 22.3. The van der Waals surface area contributed by atoms with Gasteiger partial charge in [0.15, 0.2) is 0 Å². The van der Waals surface area contributed by atoms with Crippen molar-refractivity contribution in [3.8, 4) is 0 Å². The number of rotatable bonds is 27. The molecule has 8 nitrogen and oxygen atoms in total. The van der Waals surface area contributed by atoms with Gasteiger partial charge in [-0.3, -0.25) is 13.8 Å². The molecule has 0 saturated carbocycles. The lowest BCUT2D eigenvalue weighted by Gasteiger charge is -2.25. The lowest BCUT2D eigenvalue weighted by molar-refractivity contribution is -0.123. The summed E-state index contributed by atoms with van der Waals surface area (Å²) in [6.45, 7) is 4.07. The maximum absolute atomic E-state index is 12.5. The molecular weight excluding hydrogens is 491 g/mol. The molecule has 0 rings (SSSR count). The second-order valence-electron chi connectivity index (χ2n) is 9.96. The number of hydrogen-bond acceptors (Lipinski definition) is 6. The number of nitrogens with one attached hydrogen (secondary N) is 1. The fraction of sp³-hybridized carbons (Fsp3) is 0.893. The Kier molecular flexibility index (Phi) is 25.0. The number of aliphatic hydroxyl groups is 1. The van der Waals surface area contributed by atoms with Crippen LogP contribution in [0.4, 0.5) is 0 Å². The van der Waals surface area contributed by atoms with Crippen LogP contribution in [0.1, 0.15) is 129 Å². The van der Waals surface area contributed by atoms with Crippen LogP contribution in [0.15, 0.2) is 12.2 Å². The third-order valence-electron chi connectivity index (χ3n) is 6.37. The molecule has 0 aliphatic carbocycles. The molecule has 3 atom stereocenters. The number of phosphoric acid groups is 1. The SMILES string of the molecule is CCCC/C=C\CCCCCCCC(=O)NC(COP(=O)(O)OCCN)C(O)CCCCCCCCC. The van der Waals surface area contributed by atoms with Crippen molar-refractivity contribution in [3.63, 3.8) is 0 Å². The highest BCUT2D eigenvalue weighted by molar-refractivity contribution is 7.47. The molecule has 0 heterocycles. The van der Waals surface area contributed by atoms with Gasteiger partial charge in [-0.25, -0.2) is 4.57 Å². The number of unbranched alkanes of at least 4 members (excludes halogenated alkanes) is 13. The Balaban J connectivity index is 4.39. The fourth-order valence-electron chi connectivity index (χ4n) is 4.06. The Bertz CT molecular complexity index is 605. The van der Waals surface area contributed by atoms with Gasteiger partial charge in [0.05, 0.1) is 25.4 Å². The Hall–Kier alpha value is -0.760. The van der Waals surface area contributed by atoms with E-state index >= 15 is 0 Å². The molecule has 0 aromatic carbocycles. The Morgan fingerprint density at radius 3 is 2.08 bits per heavy atom. The van der Waals surface area contributed by atoms with Crippen molar-refractivity contribution in [2.24, 2.45) is 5.73 Å². The van der Waals surface area contributed by atoms with Crippen LogP contribution >= 0.6 is 7.82 Å². The second kappa shape index (κ2) is 25.5. The summed E-state index contributed by atoms with van der Waals surface area (Å²) in [5.74, 6) is -0.179. The number of carbonyl (C=O) groups excluding carboxylic acids is 1. The van der Waals surface area contributed by atoms with Crippen molar-refractivity contribution in [1.82, 2.24) is 5.32 Å². The molecule has 0 aromatic heterocycles.